The Morgan fingerprint density at radius 2 is 0.846 bits per heavy atom. The van der Waals surface area contributed by atoms with Gasteiger partial charge in [0.25, 0.3) is 0 Å². The maximum Gasteiger partial charge on any atom is 0.143 e. The van der Waals surface area contributed by atoms with Gasteiger partial charge in [0.1, 0.15) is 11.2 Å². The fourth-order valence-corrected chi connectivity index (χ4v) is 9.21. The quantitative estimate of drug-likeness (QED) is 0.172. The van der Waals surface area contributed by atoms with Crippen LogP contribution in [-0.2, 0) is 5.41 Å². The molecule has 0 saturated heterocycles. The van der Waals surface area contributed by atoms with E-state index in [1.54, 1.807) is 0 Å². The van der Waals surface area contributed by atoms with Crippen molar-refractivity contribution in [2.24, 2.45) is 0 Å². The van der Waals surface area contributed by atoms with Crippen molar-refractivity contribution in [1.29, 1.82) is 0 Å². The van der Waals surface area contributed by atoms with Crippen LogP contribution in [0.3, 0.4) is 0 Å². The van der Waals surface area contributed by atoms with Gasteiger partial charge in [-0.1, -0.05) is 159 Å². The Labute approximate surface area is 302 Å². The van der Waals surface area contributed by atoms with Gasteiger partial charge < -0.3 is 4.42 Å². The number of fused-ring (bicyclic) bond motifs is 9. The van der Waals surface area contributed by atoms with E-state index >= 15 is 0 Å². The van der Waals surface area contributed by atoms with Crippen molar-refractivity contribution in [1.82, 2.24) is 0 Å². The van der Waals surface area contributed by atoms with Gasteiger partial charge in [-0.25, -0.2) is 0 Å². The summed E-state index contributed by atoms with van der Waals surface area (Å²) < 4.78 is 6.65. The minimum absolute atomic E-state index is 0.205. The Morgan fingerprint density at radius 3 is 1.46 bits per heavy atom. The van der Waals surface area contributed by atoms with Gasteiger partial charge in [0.15, 0.2) is 0 Å². The van der Waals surface area contributed by atoms with Crippen LogP contribution in [0.5, 0.6) is 0 Å². The fraction of sp³-hybridized carbons (Fsp3) is 0.0588. The molecule has 1 aliphatic rings. The first-order chi connectivity index (χ1) is 25.6. The van der Waals surface area contributed by atoms with Gasteiger partial charge in [-0.2, -0.15) is 0 Å². The SMILES string of the molecule is CC1(C)c2cc(-c3c4ccccc4c(-c4ccccc4)c4ccccc34)ccc2-c2ccc(-c3c4ccccc4cc4c3oc3ccccc34)cc21. The van der Waals surface area contributed by atoms with E-state index in [1.807, 2.05) is 0 Å². The molecule has 11 rings (SSSR count). The molecule has 10 aromatic rings. The maximum absolute atomic E-state index is 6.65. The lowest BCUT2D eigenvalue weighted by Gasteiger charge is -2.23. The van der Waals surface area contributed by atoms with E-state index in [0.717, 1.165) is 27.5 Å². The van der Waals surface area contributed by atoms with Crippen LogP contribution in [0, 0.1) is 0 Å². The largest absolute Gasteiger partial charge is 0.455 e. The van der Waals surface area contributed by atoms with Crippen LogP contribution in [0.1, 0.15) is 25.0 Å². The Kier molecular flexibility index (Phi) is 6.08. The third-order valence-corrected chi connectivity index (χ3v) is 11.6. The first kappa shape index (κ1) is 29.3. The Morgan fingerprint density at radius 1 is 0.365 bits per heavy atom. The van der Waals surface area contributed by atoms with Crippen molar-refractivity contribution in [3.8, 4) is 44.5 Å². The highest BCUT2D eigenvalue weighted by atomic mass is 16.3. The smallest absolute Gasteiger partial charge is 0.143 e. The van der Waals surface area contributed by atoms with Gasteiger partial charge in [-0.15, -0.1) is 0 Å². The van der Waals surface area contributed by atoms with Gasteiger partial charge in [0, 0.05) is 21.8 Å². The van der Waals surface area contributed by atoms with E-state index in [1.165, 1.54) is 82.4 Å². The summed E-state index contributed by atoms with van der Waals surface area (Å²) in [6, 6.07) is 62.3. The Hall–Kier alpha value is -6.44. The number of benzene rings is 9. The van der Waals surface area contributed by atoms with Gasteiger partial charge in [-0.3, -0.25) is 0 Å². The van der Waals surface area contributed by atoms with Crippen LogP contribution in [-0.4, -0.2) is 0 Å². The molecule has 1 aromatic heterocycles. The standard InChI is InChI=1S/C51H34O/c1-51(2)44-29-33(48-41-21-10-8-19-39(41)47(31-14-4-3-5-15-31)40-20-9-11-22-42(40)48)24-26-36(44)37-27-25-34(30-45(37)51)49-35-17-7-6-16-32(35)28-43-38-18-12-13-23-46(38)52-50(43)49/h3-30H,1-2H3. The number of hydrogen-bond donors (Lipinski definition) is 0. The molecule has 0 unspecified atom stereocenters. The molecular formula is C51H34O. The molecule has 52 heavy (non-hydrogen) atoms. The van der Waals surface area contributed by atoms with E-state index in [-0.39, 0.29) is 5.41 Å². The first-order valence-electron chi connectivity index (χ1n) is 18.2. The minimum Gasteiger partial charge on any atom is -0.455 e. The third-order valence-electron chi connectivity index (χ3n) is 11.6. The number of rotatable bonds is 3. The van der Waals surface area contributed by atoms with Crippen LogP contribution >= 0.6 is 0 Å². The predicted molar refractivity (Wildman–Crippen MR) is 220 cm³/mol. The van der Waals surface area contributed by atoms with Crippen LogP contribution in [0.4, 0.5) is 0 Å². The highest BCUT2D eigenvalue weighted by molar-refractivity contribution is 6.22. The second-order valence-electron chi connectivity index (χ2n) is 14.8. The van der Waals surface area contributed by atoms with Gasteiger partial charge in [-0.05, 0) is 107 Å². The van der Waals surface area contributed by atoms with Gasteiger partial charge >= 0.3 is 0 Å². The molecule has 9 aromatic carbocycles. The molecule has 0 bridgehead atoms. The molecule has 0 spiro atoms. The summed E-state index contributed by atoms with van der Waals surface area (Å²) in [6.07, 6.45) is 0. The molecular weight excluding hydrogens is 629 g/mol. The topological polar surface area (TPSA) is 13.1 Å². The van der Waals surface area contributed by atoms with Crippen LogP contribution in [0.2, 0.25) is 0 Å². The number of furan rings is 1. The van der Waals surface area contributed by atoms with Crippen molar-refractivity contribution in [3.63, 3.8) is 0 Å². The third kappa shape index (κ3) is 4.05. The predicted octanol–water partition coefficient (Wildman–Crippen LogP) is 14.4. The molecule has 1 heterocycles. The molecule has 0 amide bonds. The Balaban J connectivity index is 1.11. The lowest BCUT2D eigenvalue weighted by Crippen LogP contribution is -2.15. The number of para-hydroxylation sites is 1. The van der Waals surface area contributed by atoms with Crippen LogP contribution < -0.4 is 0 Å². The Bertz CT molecular complexity index is 3030. The van der Waals surface area contributed by atoms with Crippen molar-refractivity contribution < 1.29 is 4.42 Å². The fourth-order valence-electron chi connectivity index (χ4n) is 9.21. The molecule has 1 aliphatic carbocycles. The zero-order chi connectivity index (χ0) is 34.6. The molecule has 1 nitrogen and oxygen atoms in total. The first-order valence-corrected chi connectivity index (χ1v) is 18.2. The highest BCUT2D eigenvalue weighted by Crippen LogP contribution is 2.53. The van der Waals surface area contributed by atoms with Crippen molar-refractivity contribution in [2.45, 2.75) is 19.3 Å². The summed E-state index contributed by atoms with van der Waals surface area (Å²) >= 11 is 0. The normalized spacial score (nSPS) is 13.3. The monoisotopic (exact) mass is 662 g/mol. The van der Waals surface area contributed by atoms with Crippen molar-refractivity contribution >= 4 is 54.3 Å². The zero-order valence-electron chi connectivity index (χ0n) is 29.1. The maximum atomic E-state index is 6.65. The number of hydrogen-bond acceptors (Lipinski definition) is 1. The molecule has 1 heteroatoms. The molecule has 0 fully saturated rings. The molecule has 0 atom stereocenters. The average molecular weight is 663 g/mol. The molecule has 244 valence electrons. The lowest BCUT2D eigenvalue weighted by molar-refractivity contribution is 0.660. The lowest BCUT2D eigenvalue weighted by atomic mass is 9.79. The zero-order valence-corrected chi connectivity index (χ0v) is 29.1. The van der Waals surface area contributed by atoms with E-state index in [0.29, 0.717) is 0 Å². The second-order valence-corrected chi connectivity index (χ2v) is 14.8. The van der Waals surface area contributed by atoms with E-state index in [2.05, 4.69) is 184 Å². The summed E-state index contributed by atoms with van der Waals surface area (Å²) in [4.78, 5) is 0. The molecule has 0 aliphatic heterocycles. The van der Waals surface area contributed by atoms with Crippen molar-refractivity contribution in [2.75, 3.05) is 0 Å². The molecule has 0 radical (unpaired) electrons. The molecule has 0 N–H and O–H groups in total. The minimum atomic E-state index is -0.205. The van der Waals surface area contributed by atoms with E-state index in [4.69, 9.17) is 4.42 Å². The van der Waals surface area contributed by atoms with Gasteiger partial charge in [0.2, 0.25) is 0 Å². The van der Waals surface area contributed by atoms with E-state index in [9.17, 15) is 0 Å². The van der Waals surface area contributed by atoms with E-state index < -0.39 is 0 Å². The summed E-state index contributed by atoms with van der Waals surface area (Å²) in [5.41, 5.74) is 14.5. The van der Waals surface area contributed by atoms with Crippen LogP contribution in [0.25, 0.3) is 98.8 Å². The summed E-state index contributed by atoms with van der Waals surface area (Å²) in [7, 11) is 0. The van der Waals surface area contributed by atoms with Crippen molar-refractivity contribution in [3.05, 3.63) is 181 Å². The summed E-state index contributed by atoms with van der Waals surface area (Å²) in [5.74, 6) is 0. The highest BCUT2D eigenvalue weighted by Gasteiger charge is 2.36. The summed E-state index contributed by atoms with van der Waals surface area (Å²) in [5, 5.41) is 9.87. The van der Waals surface area contributed by atoms with Gasteiger partial charge in [0.05, 0.1) is 0 Å². The molecule has 0 saturated carbocycles. The van der Waals surface area contributed by atoms with Crippen LogP contribution in [0.15, 0.2) is 174 Å². The second kappa shape index (κ2) is 10.8. The summed E-state index contributed by atoms with van der Waals surface area (Å²) in [6.45, 7) is 4.78. The average Bonchev–Trinajstić information content (AvgIpc) is 3.67.